The number of carboxylic acids is 1. The van der Waals surface area contributed by atoms with Gasteiger partial charge in [0.15, 0.2) is 0 Å². The van der Waals surface area contributed by atoms with E-state index in [2.05, 4.69) is 26.0 Å². The van der Waals surface area contributed by atoms with Gasteiger partial charge < -0.3 is 9.67 Å². The molecule has 2 aromatic rings. The topological polar surface area (TPSA) is 42.2 Å². The van der Waals surface area contributed by atoms with Crippen molar-refractivity contribution in [2.75, 3.05) is 0 Å². The number of benzene rings is 1. The van der Waals surface area contributed by atoms with Crippen molar-refractivity contribution >= 4 is 5.97 Å². The fourth-order valence-corrected chi connectivity index (χ4v) is 2.22. The van der Waals surface area contributed by atoms with Gasteiger partial charge in [-0.3, -0.25) is 4.79 Å². The molecule has 0 amide bonds. The Morgan fingerprint density at radius 3 is 2.11 bits per heavy atom. The summed E-state index contributed by atoms with van der Waals surface area (Å²) in [5, 5.41) is 9.07. The van der Waals surface area contributed by atoms with Crippen molar-refractivity contribution in [3.8, 4) is 0 Å². The molecule has 1 aromatic carbocycles. The van der Waals surface area contributed by atoms with Gasteiger partial charge in [0, 0.05) is 12.4 Å². The molecule has 19 heavy (non-hydrogen) atoms. The third-order valence-electron chi connectivity index (χ3n) is 3.34. The molecular formula is C16H19NO2. The van der Waals surface area contributed by atoms with Gasteiger partial charge in [0.05, 0.1) is 12.5 Å². The Morgan fingerprint density at radius 2 is 1.63 bits per heavy atom. The molecule has 0 aliphatic carbocycles. The average molecular weight is 257 g/mol. The van der Waals surface area contributed by atoms with Crippen LogP contribution >= 0.6 is 0 Å². The van der Waals surface area contributed by atoms with Gasteiger partial charge in [-0.2, -0.15) is 0 Å². The smallest absolute Gasteiger partial charge is 0.305 e. The molecule has 1 unspecified atom stereocenters. The zero-order chi connectivity index (χ0) is 13.8. The van der Waals surface area contributed by atoms with Crippen molar-refractivity contribution in [1.82, 2.24) is 4.57 Å². The fraction of sp³-hybridized carbons (Fsp3) is 0.312. The van der Waals surface area contributed by atoms with E-state index in [9.17, 15) is 4.79 Å². The molecule has 0 aliphatic heterocycles. The lowest BCUT2D eigenvalue weighted by atomic mass is 9.97. The van der Waals surface area contributed by atoms with E-state index in [4.69, 9.17) is 5.11 Å². The Balaban J connectivity index is 2.30. The van der Waals surface area contributed by atoms with Crippen LogP contribution in [0.2, 0.25) is 0 Å². The van der Waals surface area contributed by atoms with Crippen LogP contribution in [0.5, 0.6) is 0 Å². The number of aliphatic carboxylic acids is 1. The van der Waals surface area contributed by atoms with Crippen LogP contribution in [0.1, 0.15) is 43.4 Å². The first-order valence-corrected chi connectivity index (χ1v) is 6.52. The van der Waals surface area contributed by atoms with Crippen LogP contribution in [0.15, 0.2) is 48.8 Å². The summed E-state index contributed by atoms with van der Waals surface area (Å²) in [6.07, 6.45) is 3.91. The summed E-state index contributed by atoms with van der Waals surface area (Å²) in [5.41, 5.74) is 2.30. The van der Waals surface area contributed by atoms with Crippen molar-refractivity contribution in [2.45, 2.75) is 32.2 Å². The number of hydrogen-bond acceptors (Lipinski definition) is 1. The predicted molar refractivity (Wildman–Crippen MR) is 75.4 cm³/mol. The van der Waals surface area contributed by atoms with Crippen LogP contribution in [-0.4, -0.2) is 15.6 Å². The van der Waals surface area contributed by atoms with E-state index in [1.54, 1.807) is 0 Å². The number of hydrogen-bond donors (Lipinski definition) is 1. The van der Waals surface area contributed by atoms with Crippen LogP contribution in [0.3, 0.4) is 0 Å². The van der Waals surface area contributed by atoms with Gasteiger partial charge in [-0.1, -0.05) is 38.1 Å². The van der Waals surface area contributed by atoms with Gasteiger partial charge in [0.25, 0.3) is 0 Å². The molecule has 0 aliphatic rings. The van der Waals surface area contributed by atoms with Crippen molar-refractivity contribution in [2.24, 2.45) is 0 Å². The quantitative estimate of drug-likeness (QED) is 0.887. The maximum absolute atomic E-state index is 11.0. The highest BCUT2D eigenvalue weighted by Gasteiger charge is 2.16. The first-order valence-electron chi connectivity index (χ1n) is 6.52. The number of carbonyl (C=O) groups is 1. The summed E-state index contributed by atoms with van der Waals surface area (Å²) < 4.78 is 1.94. The lowest BCUT2D eigenvalue weighted by Crippen LogP contribution is -2.13. The molecule has 2 rings (SSSR count). The van der Waals surface area contributed by atoms with Gasteiger partial charge in [-0.05, 0) is 29.2 Å². The molecule has 0 saturated heterocycles. The number of aromatic nitrogens is 1. The second kappa shape index (κ2) is 5.74. The highest BCUT2D eigenvalue weighted by atomic mass is 16.4. The van der Waals surface area contributed by atoms with Crippen molar-refractivity contribution in [1.29, 1.82) is 0 Å². The molecule has 3 nitrogen and oxygen atoms in total. The normalized spacial score (nSPS) is 12.6. The predicted octanol–water partition coefficient (Wildman–Crippen LogP) is 3.68. The Labute approximate surface area is 113 Å². The van der Waals surface area contributed by atoms with Gasteiger partial charge >= 0.3 is 5.97 Å². The van der Waals surface area contributed by atoms with Crippen LogP contribution in [-0.2, 0) is 4.79 Å². The van der Waals surface area contributed by atoms with Crippen LogP contribution in [0.25, 0.3) is 0 Å². The molecule has 100 valence electrons. The van der Waals surface area contributed by atoms with E-state index < -0.39 is 5.97 Å². The molecule has 0 radical (unpaired) electrons. The number of carboxylic acid groups (broad SMARTS) is 1. The Bertz CT molecular complexity index is 526. The van der Waals surface area contributed by atoms with E-state index in [1.165, 1.54) is 5.56 Å². The van der Waals surface area contributed by atoms with Crippen molar-refractivity contribution in [3.63, 3.8) is 0 Å². The maximum Gasteiger partial charge on any atom is 0.305 e. The van der Waals surface area contributed by atoms with E-state index in [0.717, 1.165) is 5.56 Å². The van der Waals surface area contributed by atoms with Crippen LogP contribution < -0.4 is 0 Å². The van der Waals surface area contributed by atoms with Gasteiger partial charge in [-0.15, -0.1) is 0 Å². The molecule has 1 atom stereocenters. The SMILES string of the molecule is CC(C)c1ccc(C(CC(=O)O)n2cccc2)cc1. The van der Waals surface area contributed by atoms with E-state index >= 15 is 0 Å². The first-order chi connectivity index (χ1) is 9.08. The second-order valence-corrected chi connectivity index (χ2v) is 5.07. The van der Waals surface area contributed by atoms with Crippen LogP contribution in [0.4, 0.5) is 0 Å². The lowest BCUT2D eigenvalue weighted by molar-refractivity contribution is -0.137. The van der Waals surface area contributed by atoms with Crippen molar-refractivity contribution < 1.29 is 9.90 Å². The van der Waals surface area contributed by atoms with E-state index in [1.807, 2.05) is 41.2 Å². The van der Waals surface area contributed by atoms with Gasteiger partial charge in [0.1, 0.15) is 0 Å². The molecule has 1 N–H and O–H groups in total. The van der Waals surface area contributed by atoms with Gasteiger partial charge in [-0.25, -0.2) is 0 Å². The average Bonchev–Trinajstić information content (AvgIpc) is 2.89. The summed E-state index contributed by atoms with van der Waals surface area (Å²) in [5.74, 6) is -0.301. The van der Waals surface area contributed by atoms with Crippen LogP contribution in [0, 0.1) is 0 Å². The monoisotopic (exact) mass is 257 g/mol. The lowest BCUT2D eigenvalue weighted by Gasteiger charge is -2.18. The first kappa shape index (κ1) is 13.4. The molecule has 0 bridgehead atoms. The molecule has 1 aromatic heterocycles. The number of nitrogens with zero attached hydrogens (tertiary/aromatic N) is 1. The highest BCUT2D eigenvalue weighted by molar-refractivity contribution is 5.68. The highest BCUT2D eigenvalue weighted by Crippen LogP contribution is 2.24. The van der Waals surface area contributed by atoms with E-state index in [0.29, 0.717) is 5.92 Å². The summed E-state index contributed by atoms with van der Waals surface area (Å²) in [6, 6.07) is 11.9. The minimum absolute atomic E-state index is 0.0930. The third kappa shape index (κ3) is 3.25. The zero-order valence-electron chi connectivity index (χ0n) is 11.3. The number of rotatable bonds is 5. The fourth-order valence-electron chi connectivity index (χ4n) is 2.22. The zero-order valence-corrected chi connectivity index (χ0v) is 11.3. The third-order valence-corrected chi connectivity index (χ3v) is 3.34. The summed E-state index contributed by atoms with van der Waals surface area (Å²) >= 11 is 0. The molecule has 3 heteroatoms. The Hall–Kier alpha value is -2.03. The molecular weight excluding hydrogens is 238 g/mol. The Morgan fingerprint density at radius 1 is 1.11 bits per heavy atom. The summed E-state index contributed by atoms with van der Waals surface area (Å²) in [7, 11) is 0. The second-order valence-electron chi connectivity index (χ2n) is 5.07. The molecule has 0 fully saturated rings. The molecule has 0 spiro atoms. The van der Waals surface area contributed by atoms with Crippen molar-refractivity contribution in [3.05, 3.63) is 59.9 Å². The largest absolute Gasteiger partial charge is 0.481 e. The molecule has 0 saturated carbocycles. The van der Waals surface area contributed by atoms with E-state index in [-0.39, 0.29) is 12.5 Å². The summed E-state index contributed by atoms with van der Waals surface area (Å²) in [6.45, 7) is 4.30. The summed E-state index contributed by atoms with van der Waals surface area (Å²) in [4.78, 5) is 11.0. The minimum atomic E-state index is -0.786. The molecule has 1 heterocycles. The standard InChI is InChI=1S/C16H19NO2/c1-12(2)13-5-7-14(8-6-13)15(11-16(18)19)17-9-3-4-10-17/h3-10,12,15H,11H2,1-2H3,(H,18,19). The minimum Gasteiger partial charge on any atom is -0.481 e. The Kier molecular flexibility index (Phi) is 4.05. The maximum atomic E-state index is 11.0. The van der Waals surface area contributed by atoms with Gasteiger partial charge in [0.2, 0.25) is 0 Å².